The van der Waals surface area contributed by atoms with Gasteiger partial charge in [-0.3, -0.25) is 4.79 Å². The lowest BCUT2D eigenvalue weighted by molar-refractivity contribution is 0.0942. The minimum absolute atomic E-state index is 0.0909. The lowest BCUT2D eigenvalue weighted by atomic mass is 10.0. The van der Waals surface area contributed by atoms with Gasteiger partial charge in [0.15, 0.2) is 0 Å². The highest BCUT2D eigenvalue weighted by molar-refractivity contribution is 6.32. The van der Waals surface area contributed by atoms with Crippen molar-refractivity contribution in [3.63, 3.8) is 0 Å². The molecule has 1 amide bonds. The van der Waals surface area contributed by atoms with Crippen molar-refractivity contribution in [2.75, 3.05) is 20.6 Å². The molecule has 140 valence electrons. The predicted molar refractivity (Wildman–Crippen MR) is 109 cm³/mol. The molecule has 0 saturated carbocycles. The topological polar surface area (TPSA) is 50.2 Å². The average Bonchev–Trinajstić information content (AvgIpc) is 3.13. The lowest BCUT2D eigenvalue weighted by Gasteiger charge is -2.25. The Balaban J connectivity index is 1.70. The SMILES string of the molecule is Cc1ccc(C(CNC(=O)c2cnn(-c3ccccc3Cl)c2)N(C)C)cc1. The van der Waals surface area contributed by atoms with Crippen LogP contribution in [0.25, 0.3) is 5.69 Å². The van der Waals surface area contributed by atoms with Crippen molar-refractivity contribution in [1.29, 1.82) is 0 Å². The van der Waals surface area contributed by atoms with Gasteiger partial charge >= 0.3 is 0 Å². The van der Waals surface area contributed by atoms with Crippen LogP contribution in [0.4, 0.5) is 0 Å². The summed E-state index contributed by atoms with van der Waals surface area (Å²) in [5.41, 5.74) is 3.62. The molecule has 3 aromatic rings. The maximum Gasteiger partial charge on any atom is 0.254 e. The molecule has 1 N–H and O–H groups in total. The van der Waals surface area contributed by atoms with Crippen LogP contribution in [0.5, 0.6) is 0 Å². The van der Waals surface area contributed by atoms with E-state index in [0.717, 1.165) is 11.3 Å². The molecule has 0 radical (unpaired) electrons. The van der Waals surface area contributed by atoms with Gasteiger partial charge in [-0.1, -0.05) is 53.6 Å². The first-order chi connectivity index (χ1) is 13.0. The number of hydrogen-bond donors (Lipinski definition) is 1. The second kappa shape index (κ2) is 8.37. The highest BCUT2D eigenvalue weighted by Gasteiger charge is 2.17. The van der Waals surface area contributed by atoms with Gasteiger partial charge in [-0.2, -0.15) is 5.10 Å². The Morgan fingerprint density at radius 1 is 1.19 bits per heavy atom. The van der Waals surface area contributed by atoms with Crippen molar-refractivity contribution in [2.24, 2.45) is 0 Å². The first-order valence-corrected chi connectivity index (χ1v) is 9.14. The fraction of sp³-hybridized carbons (Fsp3) is 0.238. The normalized spacial score (nSPS) is 12.2. The molecule has 1 atom stereocenters. The lowest BCUT2D eigenvalue weighted by Crippen LogP contribution is -2.34. The van der Waals surface area contributed by atoms with Crippen molar-refractivity contribution in [2.45, 2.75) is 13.0 Å². The fourth-order valence-corrected chi connectivity index (χ4v) is 3.11. The number of aryl methyl sites for hydroxylation is 1. The number of rotatable bonds is 6. The molecule has 1 heterocycles. The quantitative estimate of drug-likeness (QED) is 0.704. The Hall–Kier alpha value is -2.63. The summed E-state index contributed by atoms with van der Waals surface area (Å²) in [6.45, 7) is 2.57. The van der Waals surface area contributed by atoms with Gasteiger partial charge in [0.2, 0.25) is 0 Å². The maximum absolute atomic E-state index is 12.6. The summed E-state index contributed by atoms with van der Waals surface area (Å²) in [5.74, 6) is -0.160. The van der Waals surface area contributed by atoms with Gasteiger partial charge in [0.1, 0.15) is 0 Å². The molecule has 1 unspecified atom stereocenters. The van der Waals surface area contributed by atoms with E-state index in [-0.39, 0.29) is 11.9 Å². The van der Waals surface area contributed by atoms with Crippen LogP contribution in [0.15, 0.2) is 60.9 Å². The summed E-state index contributed by atoms with van der Waals surface area (Å²) in [4.78, 5) is 14.7. The number of para-hydroxylation sites is 1. The molecule has 2 aromatic carbocycles. The monoisotopic (exact) mass is 382 g/mol. The van der Waals surface area contributed by atoms with Gasteiger partial charge in [0, 0.05) is 12.7 Å². The van der Waals surface area contributed by atoms with Gasteiger partial charge in [-0.15, -0.1) is 0 Å². The van der Waals surface area contributed by atoms with E-state index >= 15 is 0 Å². The van der Waals surface area contributed by atoms with Crippen molar-refractivity contribution in [3.8, 4) is 5.69 Å². The molecule has 1 aromatic heterocycles. The van der Waals surface area contributed by atoms with Crippen LogP contribution in [0, 0.1) is 6.92 Å². The number of amides is 1. The third-order valence-electron chi connectivity index (χ3n) is 4.49. The molecular formula is C21H23ClN4O. The summed E-state index contributed by atoms with van der Waals surface area (Å²) >= 11 is 6.20. The van der Waals surface area contributed by atoms with Crippen LogP contribution in [-0.4, -0.2) is 41.2 Å². The summed E-state index contributed by atoms with van der Waals surface area (Å²) in [6, 6.07) is 15.8. The molecule has 0 bridgehead atoms. The summed E-state index contributed by atoms with van der Waals surface area (Å²) in [6.07, 6.45) is 3.24. The van der Waals surface area contributed by atoms with Crippen LogP contribution in [0.3, 0.4) is 0 Å². The van der Waals surface area contributed by atoms with E-state index in [0.29, 0.717) is 17.1 Å². The van der Waals surface area contributed by atoms with Crippen LogP contribution < -0.4 is 5.32 Å². The smallest absolute Gasteiger partial charge is 0.254 e. The standard InChI is InChI=1S/C21H23ClN4O/c1-15-8-10-16(11-9-15)20(25(2)3)13-23-21(27)17-12-24-26(14-17)19-7-5-4-6-18(19)22/h4-12,14,20H,13H2,1-3H3,(H,23,27). The number of carbonyl (C=O) groups is 1. The molecule has 0 spiro atoms. The maximum atomic E-state index is 12.6. The summed E-state index contributed by atoms with van der Waals surface area (Å²) in [7, 11) is 4.01. The molecule has 6 heteroatoms. The Labute approximate surface area is 164 Å². The Bertz CT molecular complexity index is 918. The van der Waals surface area contributed by atoms with E-state index in [1.165, 1.54) is 5.56 Å². The molecule has 0 saturated heterocycles. The first kappa shape index (κ1) is 19.1. The fourth-order valence-electron chi connectivity index (χ4n) is 2.89. The summed E-state index contributed by atoms with van der Waals surface area (Å²) < 4.78 is 1.61. The molecule has 0 fully saturated rings. The molecule has 0 aliphatic heterocycles. The Kier molecular flexibility index (Phi) is 5.94. The largest absolute Gasteiger partial charge is 0.350 e. The van der Waals surface area contributed by atoms with E-state index in [1.54, 1.807) is 23.1 Å². The van der Waals surface area contributed by atoms with Crippen LogP contribution in [-0.2, 0) is 0 Å². The molecule has 3 rings (SSSR count). The van der Waals surface area contributed by atoms with Crippen LogP contribution in [0.1, 0.15) is 27.5 Å². The molecular weight excluding hydrogens is 360 g/mol. The number of hydrogen-bond acceptors (Lipinski definition) is 3. The number of benzene rings is 2. The zero-order valence-electron chi connectivity index (χ0n) is 15.7. The zero-order chi connectivity index (χ0) is 19.4. The number of carbonyl (C=O) groups excluding carboxylic acids is 1. The zero-order valence-corrected chi connectivity index (χ0v) is 16.4. The second-order valence-electron chi connectivity index (χ2n) is 6.73. The number of likely N-dealkylation sites (N-methyl/N-ethyl adjacent to an activating group) is 1. The number of nitrogens with zero attached hydrogens (tertiary/aromatic N) is 3. The minimum Gasteiger partial charge on any atom is -0.350 e. The number of aromatic nitrogens is 2. The predicted octanol–water partition coefficient (Wildman–Crippen LogP) is 3.87. The first-order valence-electron chi connectivity index (χ1n) is 8.76. The van der Waals surface area contributed by atoms with Crippen molar-refractivity contribution >= 4 is 17.5 Å². The van der Waals surface area contributed by atoms with Crippen molar-refractivity contribution in [1.82, 2.24) is 20.0 Å². The van der Waals surface area contributed by atoms with Gasteiger partial charge < -0.3 is 10.2 Å². The highest BCUT2D eigenvalue weighted by Crippen LogP contribution is 2.20. The molecule has 0 aliphatic carbocycles. The van der Waals surface area contributed by atoms with Gasteiger partial charge in [0.25, 0.3) is 5.91 Å². The minimum atomic E-state index is -0.160. The second-order valence-corrected chi connectivity index (χ2v) is 7.13. The van der Waals surface area contributed by atoms with E-state index in [1.807, 2.05) is 32.3 Å². The van der Waals surface area contributed by atoms with Crippen molar-refractivity contribution in [3.05, 3.63) is 82.6 Å². The number of nitrogens with one attached hydrogen (secondary N) is 1. The Morgan fingerprint density at radius 2 is 1.89 bits per heavy atom. The van der Waals surface area contributed by atoms with E-state index in [4.69, 9.17) is 11.6 Å². The molecule has 0 aliphatic rings. The third kappa shape index (κ3) is 4.56. The van der Waals surface area contributed by atoms with Crippen LogP contribution >= 0.6 is 11.6 Å². The average molecular weight is 383 g/mol. The van der Waals surface area contributed by atoms with Gasteiger partial charge in [-0.25, -0.2) is 4.68 Å². The summed E-state index contributed by atoms with van der Waals surface area (Å²) in [5, 5.41) is 7.85. The molecule has 27 heavy (non-hydrogen) atoms. The number of halogens is 1. The van der Waals surface area contributed by atoms with Crippen molar-refractivity contribution < 1.29 is 4.79 Å². The molecule has 5 nitrogen and oxygen atoms in total. The third-order valence-corrected chi connectivity index (χ3v) is 4.81. The highest BCUT2D eigenvalue weighted by atomic mass is 35.5. The van der Waals surface area contributed by atoms with E-state index in [2.05, 4.69) is 46.5 Å². The van der Waals surface area contributed by atoms with E-state index < -0.39 is 0 Å². The van der Waals surface area contributed by atoms with Gasteiger partial charge in [0.05, 0.1) is 28.5 Å². The van der Waals surface area contributed by atoms with Crippen LogP contribution in [0.2, 0.25) is 5.02 Å². The Morgan fingerprint density at radius 3 is 2.56 bits per heavy atom. The van der Waals surface area contributed by atoms with E-state index in [9.17, 15) is 4.79 Å². The van der Waals surface area contributed by atoms with Gasteiger partial charge in [-0.05, 0) is 38.7 Å².